The average Bonchev–Trinajstić information content (AvgIpc) is 3.55. The molecule has 0 radical (unpaired) electrons. The second kappa shape index (κ2) is 9.64. The van der Waals surface area contributed by atoms with Crippen molar-refractivity contribution < 1.29 is 32.2 Å². The number of oxime groups is 1. The standard InChI is InChI=1S/C31H24F4N4O3/c1-17-14-38(16-36-17)25-7-4-18(10-26(25)40)9-19-3-2-8-39-29(20-11-23(33)28(35)24(34)12-20)31(42-37-30(19)39)15-41-27-13-21(32)5-6-22(27)31/h4-7,9-14,16,29,40H,2-3,8,15H2,1H3/b19-9+/t29-,31?/m0/s1. The van der Waals surface area contributed by atoms with Crippen LogP contribution in [0.5, 0.6) is 11.5 Å². The molecule has 0 bridgehead atoms. The number of nitrogens with zero attached hydrogens (tertiary/aromatic N) is 4. The van der Waals surface area contributed by atoms with E-state index in [0.29, 0.717) is 42.0 Å². The molecule has 0 aliphatic carbocycles. The quantitative estimate of drug-likeness (QED) is 0.229. The number of amidine groups is 1. The molecule has 0 amide bonds. The van der Waals surface area contributed by atoms with Gasteiger partial charge < -0.3 is 24.1 Å². The van der Waals surface area contributed by atoms with Crippen LogP contribution in [0, 0.1) is 30.2 Å². The molecule has 214 valence electrons. The van der Waals surface area contributed by atoms with Gasteiger partial charge in [0.05, 0.1) is 17.7 Å². The lowest BCUT2D eigenvalue weighted by molar-refractivity contribution is -0.125. The smallest absolute Gasteiger partial charge is 0.224 e. The van der Waals surface area contributed by atoms with Gasteiger partial charge in [-0.2, -0.15) is 0 Å². The molecule has 3 aliphatic heterocycles. The van der Waals surface area contributed by atoms with E-state index in [0.717, 1.165) is 23.4 Å². The van der Waals surface area contributed by atoms with Gasteiger partial charge in [-0.25, -0.2) is 22.5 Å². The van der Waals surface area contributed by atoms with Crippen LogP contribution in [0.25, 0.3) is 11.8 Å². The van der Waals surface area contributed by atoms with Crippen molar-refractivity contribution in [1.82, 2.24) is 14.5 Å². The lowest BCUT2D eigenvalue weighted by Crippen LogP contribution is -2.54. The lowest BCUT2D eigenvalue weighted by atomic mass is 9.80. The molecule has 1 fully saturated rings. The number of aromatic hydroxyl groups is 1. The Kier molecular flexibility index (Phi) is 6.00. The molecule has 1 aromatic heterocycles. The molecule has 1 spiro atoms. The maximum absolute atomic E-state index is 14.6. The Morgan fingerprint density at radius 3 is 2.60 bits per heavy atom. The molecule has 3 aliphatic rings. The van der Waals surface area contributed by atoms with Crippen molar-refractivity contribution in [2.24, 2.45) is 5.16 Å². The Balaban J connectivity index is 1.33. The summed E-state index contributed by atoms with van der Waals surface area (Å²) >= 11 is 0. The van der Waals surface area contributed by atoms with E-state index in [4.69, 9.17) is 9.57 Å². The molecule has 4 heterocycles. The summed E-state index contributed by atoms with van der Waals surface area (Å²) in [4.78, 5) is 12.2. The number of ether oxygens (including phenoxy) is 1. The van der Waals surface area contributed by atoms with E-state index in [1.54, 1.807) is 29.2 Å². The van der Waals surface area contributed by atoms with Crippen LogP contribution >= 0.6 is 0 Å². The molecule has 1 saturated heterocycles. The normalized spacial score (nSPS) is 22.0. The van der Waals surface area contributed by atoms with Gasteiger partial charge in [0.1, 0.15) is 30.0 Å². The second-order valence-electron chi connectivity index (χ2n) is 10.7. The van der Waals surface area contributed by atoms with Crippen LogP contribution in [0.1, 0.15) is 41.3 Å². The monoisotopic (exact) mass is 576 g/mol. The maximum Gasteiger partial charge on any atom is 0.224 e. The first-order valence-corrected chi connectivity index (χ1v) is 13.4. The third kappa shape index (κ3) is 4.10. The fourth-order valence-corrected chi connectivity index (χ4v) is 6.08. The molecule has 2 atom stereocenters. The van der Waals surface area contributed by atoms with E-state index in [-0.39, 0.29) is 23.7 Å². The van der Waals surface area contributed by atoms with Gasteiger partial charge in [-0.3, -0.25) is 0 Å². The summed E-state index contributed by atoms with van der Waals surface area (Å²) in [6, 6.07) is 10.2. The maximum atomic E-state index is 14.6. The van der Waals surface area contributed by atoms with Crippen molar-refractivity contribution in [3.8, 4) is 17.2 Å². The highest BCUT2D eigenvalue weighted by Crippen LogP contribution is 2.53. The van der Waals surface area contributed by atoms with Crippen molar-refractivity contribution in [1.29, 1.82) is 0 Å². The predicted molar refractivity (Wildman–Crippen MR) is 145 cm³/mol. The first-order valence-electron chi connectivity index (χ1n) is 13.4. The van der Waals surface area contributed by atoms with Crippen LogP contribution in [-0.4, -0.2) is 38.5 Å². The number of fused-ring (bicyclic) bond motifs is 3. The van der Waals surface area contributed by atoms with Crippen LogP contribution in [0.2, 0.25) is 0 Å². The highest BCUT2D eigenvalue weighted by molar-refractivity contribution is 6.03. The summed E-state index contributed by atoms with van der Waals surface area (Å²) in [6.45, 7) is 2.20. The molecular formula is C31H24F4N4O3. The van der Waals surface area contributed by atoms with Crippen molar-refractivity contribution in [3.05, 3.63) is 112 Å². The van der Waals surface area contributed by atoms with Crippen molar-refractivity contribution in [3.63, 3.8) is 0 Å². The van der Waals surface area contributed by atoms with Gasteiger partial charge in [0.25, 0.3) is 0 Å². The zero-order valence-corrected chi connectivity index (χ0v) is 22.3. The summed E-state index contributed by atoms with van der Waals surface area (Å²) in [5.74, 6) is -4.03. The van der Waals surface area contributed by atoms with Crippen molar-refractivity contribution in [2.75, 3.05) is 13.2 Å². The Labute approximate surface area is 237 Å². The van der Waals surface area contributed by atoms with E-state index in [1.807, 2.05) is 24.0 Å². The molecule has 11 heteroatoms. The van der Waals surface area contributed by atoms with E-state index < -0.39 is 34.9 Å². The van der Waals surface area contributed by atoms with Crippen LogP contribution in [-0.2, 0) is 10.4 Å². The number of aromatic nitrogens is 2. The zero-order valence-electron chi connectivity index (χ0n) is 22.3. The highest BCUT2D eigenvalue weighted by Gasteiger charge is 2.57. The summed E-state index contributed by atoms with van der Waals surface area (Å²) in [5, 5.41) is 15.2. The third-order valence-electron chi connectivity index (χ3n) is 7.95. The molecule has 3 aromatic carbocycles. The molecule has 4 aromatic rings. The SMILES string of the molecule is Cc1cn(-c2ccc(/C=C3\CCCN4C3=NOC3(COc5cc(F)ccc53)[C@@H]4c3cc(F)c(F)c(F)c3)cc2O)cn1. The van der Waals surface area contributed by atoms with Gasteiger partial charge in [-0.05, 0) is 78.9 Å². The number of hydrogen-bond donors (Lipinski definition) is 1. The fraction of sp³-hybridized carbons (Fsp3) is 0.226. The van der Waals surface area contributed by atoms with Crippen LogP contribution < -0.4 is 4.74 Å². The minimum Gasteiger partial charge on any atom is -0.506 e. The molecule has 42 heavy (non-hydrogen) atoms. The summed E-state index contributed by atoms with van der Waals surface area (Å²) in [6.07, 6.45) is 6.57. The van der Waals surface area contributed by atoms with Crippen LogP contribution in [0.15, 0.2) is 71.8 Å². The zero-order chi connectivity index (χ0) is 29.2. The number of aryl methyl sites for hydroxylation is 1. The summed E-state index contributed by atoms with van der Waals surface area (Å²) in [7, 11) is 0. The number of phenolic OH excluding ortho intramolecular Hbond substituents is 1. The van der Waals surface area contributed by atoms with E-state index in [1.165, 1.54) is 18.2 Å². The Hall–Kier alpha value is -4.80. The van der Waals surface area contributed by atoms with Gasteiger partial charge in [0, 0.05) is 24.4 Å². The predicted octanol–water partition coefficient (Wildman–Crippen LogP) is 6.29. The first kappa shape index (κ1) is 26.1. The summed E-state index contributed by atoms with van der Waals surface area (Å²) in [5.41, 5.74) is 2.06. The van der Waals surface area contributed by atoms with Gasteiger partial charge >= 0.3 is 0 Å². The number of benzene rings is 3. The first-order chi connectivity index (χ1) is 20.2. The minimum absolute atomic E-state index is 0.0530. The van der Waals surface area contributed by atoms with Gasteiger partial charge in [0.15, 0.2) is 23.3 Å². The van der Waals surface area contributed by atoms with E-state index in [9.17, 15) is 22.7 Å². The van der Waals surface area contributed by atoms with E-state index in [2.05, 4.69) is 10.1 Å². The second-order valence-corrected chi connectivity index (χ2v) is 10.7. The van der Waals surface area contributed by atoms with Crippen molar-refractivity contribution in [2.45, 2.75) is 31.4 Å². The lowest BCUT2D eigenvalue weighted by Gasteiger charge is -2.48. The number of phenols is 1. The van der Waals surface area contributed by atoms with Crippen molar-refractivity contribution >= 4 is 11.9 Å². The molecule has 1 unspecified atom stereocenters. The molecule has 7 nitrogen and oxygen atoms in total. The Morgan fingerprint density at radius 1 is 1.05 bits per heavy atom. The third-order valence-corrected chi connectivity index (χ3v) is 7.95. The topological polar surface area (TPSA) is 72.1 Å². The average molecular weight is 577 g/mol. The molecular weight excluding hydrogens is 552 g/mol. The number of imidazole rings is 1. The number of piperidine rings is 1. The number of halogens is 4. The highest BCUT2D eigenvalue weighted by atomic mass is 19.2. The summed E-state index contributed by atoms with van der Waals surface area (Å²) < 4.78 is 64.7. The van der Waals surface area contributed by atoms with E-state index >= 15 is 0 Å². The van der Waals surface area contributed by atoms with Crippen LogP contribution in [0.3, 0.4) is 0 Å². The minimum atomic E-state index is -1.57. The van der Waals surface area contributed by atoms with Crippen LogP contribution in [0.4, 0.5) is 17.6 Å². The number of hydrogen-bond acceptors (Lipinski definition) is 6. The number of rotatable bonds is 3. The molecule has 7 rings (SSSR count). The fourth-order valence-electron chi connectivity index (χ4n) is 6.08. The Morgan fingerprint density at radius 2 is 1.86 bits per heavy atom. The van der Waals surface area contributed by atoms with Gasteiger partial charge in [-0.15, -0.1) is 0 Å². The Bertz CT molecular complexity index is 1780. The van der Waals surface area contributed by atoms with Gasteiger partial charge in [0.2, 0.25) is 5.60 Å². The van der Waals surface area contributed by atoms with Gasteiger partial charge in [-0.1, -0.05) is 11.2 Å². The largest absolute Gasteiger partial charge is 0.506 e. The molecule has 1 N–H and O–H groups in total. The molecule has 0 saturated carbocycles.